The maximum atomic E-state index is 13.5. The van der Waals surface area contributed by atoms with Crippen LogP contribution in [0.3, 0.4) is 0 Å². The summed E-state index contributed by atoms with van der Waals surface area (Å²) >= 11 is 9.71. The van der Waals surface area contributed by atoms with Gasteiger partial charge in [0.1, 0.15) is 0 Å². The number of hydrogen-bond donors (Lipinski definition) is 1. The lowest BCUT2D eigenvalue weighted by Gasteiger charge is -2.23. The van der Waals surface area contributed by atoms with Gasteiger partial charge in [0.2, 0.25) is 0 Å². The Morgan fingerprint density at radius 2 is 1.79 bits per heavy atom. The van der Waals surface area contributed by atoms with Gasteiger partial charge in [0.15, 0.2) is 22.9 Å². The molecule has 8 heteroatoms. The lowest BCUT2D eigenvalue weighted by atomic mass is 9.88. The molecule has 0 bridgehead atoms. The van der Waals surface area contributed by atoms with Crippen LogP contribution in [0.2, 0.25) is 5.02 Å². The van der Waals surface area contributed by atoms with Crippen molar-refractivity contribution in [1.82, 2.24) is 0 Å². The largest absolute Gasteiger partial charge is 0.493 e. The molecule has 1 N–H and O–H groups in total. The molecule has 1 aliphatic heterocycles. The number of nitrogens with zero attached hydrogens (tertiary/aromatic N) is 1. The van der Waals surface area contributed by atoms with Crippen molar-refractivity contribution in [3.63, 3.8) is 0 Å². The Hall–Kier alpha value is -2.87. The van der Waals surface area contributed by atoms with Crippen LogP contribution in [0.5, 0.6) is 11.5 Å². The second-order valence-electron chi connectivity index (χ2n) is 7.67. The third-order valence-electron chi connectivity index (χ3n) is 5.70. The summed E-state index contributed by atoms with van der Waals surface area (Å²) in [6, 6.07) is 17.1. The van der Waals surface area contributed by atoms with Crippen molar-refractivity contribution in [3.8, 4) is 11.5 Å². The molecule has 1 atom stereocenters. The fourth-order valence-electron chi connectivity index (χ4n) is 3.99. The molecule has 1 heterocycles. The van der Waals surface area contributed by atoms with Gasteiger partial charge >= 0.3 is 0 Å². The second kappa shape index (κ2) is 9.17. The van der Waals surface area contributed by atoms with Crippen LogP contribution in [0.4, 0.5) is 5.69 Å². The van der Waals surface area contributed by atoms with Gasteiger partial charge in [0, 0.05) is 20.6 Å². The Kier molecular flexibility index (Phi) is 6.47. The summed E-state index contributed by atoms with van der Waals surface area (Å²) in [5.41, 5.74) is -0.0924. The SMILES string of the molecule is COc1ccc(C(=O)C[C@]2(O)C(=O)N(Cc3ccccc3Cl)c3ccc(Br)cc32)cc1OC. The topological polar surface area (TPSA) is 76.1 Å². The van der Waals surface area contributed by atoms with Gasteiger partial charge in [-0.3, -0.25) is 9.59 Å². The van der Waals surface area contributed by atoms with Crippen molar-refractivity contribution in [2.75, 3.05) is 19.1 Å². The highest BCUT2D eigenvalue weighted by atomic mass is 79.9. The molecule has 3 aromatic rings. The Labute approximate surface area is 204 Å². The Morgan fingerprint density at radius 1 is 1.06 bits per heavy atom. The van der Waals surface area contributed by atoms with E-state index in [4.69, 9.17) is 21.1 Å². The normalized spacial score (nSPS) is 17.1. The zero-order chi connectivity index (χ0) is 23.8. The predicted octanol–water partition coefficient (Wildman–Crippen LogP) is 5.13. The Balaban J connectivity index is 1.70. The van der Waals surface area contributed by atoms with E-state index in [1.807, 2.05) is 12.1 Å². The molecule has 0 fully saturated rings. The molecular formula is C25H21BrClNO5. The van der Waals surface area contributed by atoms with E-state index < -0.39 is 23.7 Å². The number of hydrogen-bond acceptors (Lipinski definition) is 5. The molecule has 0 spiro atoms. The van der Waals surface area contributed by atoms with Crippen molar-refractivity contribution < 1.29 is 24.2 Å². The molecule has 6 nitrogen and oxygen atoms in total. The number of carbonyl (C=O) groups excluding carboxylic acids is 2. The van der Waals surface area contributed by atoms with Gasteiger partial charge in [-0.05, 0) is 48.0 Å². The number of fused-ring (bicyclic) bond motifs is 1. The first-order valence-corrected chi connectivity index (χ1v) is 11.3. The van der Waals surface area contributed by atoms with E-state index in [1.54, 1.807) is 42.5 Å². The first kappa shape index (κ1) is 23.3. The standard InChI is InChI=1S/C25H21BrClNO5/c1-32-22-10-7-15(11-23(22)33-2)21(29)13-25(31)18-12-17(26)8-9-20(18)28(24(25)30)14-16-5-3-4-6-19(16)27/h3-12,31H,13-14H2,1-2H3/t25-/m1/s1. The minimum Gasteiger partial charge on any atom is -0.493 e. The monoisotopic (exact) mass is 529 g/mol. The Morgan fingerprint density at radius 3 is 2.48 bits per heavy atom. The van der Waals surface area contributed by atoms with E-state index in [1.165, 1.54) is 25.2 Å². The number of amides is 1. The van der Waals surface area contributed by atoms with Gasteiger partial charge in [-0.2, -0.15) is 0 Å². The molecule has 0 saturated carbocycles. The van der Waals surface area contributed by atoms with Crippen molar-refractivity contribution in [2.45, 2.75) is 18.6 Å². The lowest BCUT2D eigenvalue weighted by molar-refractivity contribution is -0.136. The number of anilines is 1. The summed E-state index contributed by atoms with van der Waals surface area (Å²) in [6.45, 7) is 0.167. The lowest BCUT2D eigenvalue weighted by Crippen LogP contribution is -2.41. The molecule has 0 saturated heterocycles. The molecule has 0 unspecified atom stereocenters. The first-order chi connectivity index (χ1) is 15.8. The number of methoxy groups -OCH3 is 2. The fourth-order valence-corrected chi connectivity index (χ4v) is 4.55. The summed E-state index contributed by atoms with van der Waals surface area (Å²) < 4.78 is 11.2. The van der Waals surface area contributed by atoms with Crippen LogP contribution in [-0.4, -0.2) is 31.0 Å². The first-order valence-electron chi connectivity index (χ1n) is 10.1. The molecule has 0 aliphatic carbocycles. The van der Waals surface area contributed by atoms with Crippen molar-refractivity contribution in [2.24, 2.45) is 0 Å². The van der Waals surface area contributed by atoms with Crippen molar-refractivity contribution >= 4 is 44.9 Å². The van der Waals surface area contributed by atoms with Crippen LogP contribution >= 0.6 is 27.5 Å². The van der Waals surface area contributed by atoms with Crippen LogP contribution in [0.25, 0.3) is 0 Å². The summed E-state index contributed by atoms with van der Waals surface area (Å²) in [5, 5.41) is 12.1. The maximum absolute atomic E-state index is 13.5. The van der Waals surface area contributed by atoms with E-state index in [2.05, 4.69) is 15.9 Å². The third-order valence-corrected chi connectivity index (χ3v) is 6.56. The average Bonchev–Trinajstić information content (AvgIpc) is 3.01. The number of halogens is 2. The van der Waals surface area contributed by atoms with Crippen LogP contribution < -0.4 is 14.4 Å². The number of benzene rings is 3. The van der Waals surface area contributed by atoms with Crippen LogP contribution in [0, 0.1) is 0 Å². The molecule has 1 amide bonds. The Bertz CT molecular complexity index is 1250. The maximum Gasteiger partial charge on any atom is 0.264 e. The minimum absolute atomic E-state index is 0.167. The van der Waals surface area contributed by atoms with Crippen LogP contribution in [0.1, 0.15) is 27.9 Å². The fraction of sp³-hybridized carbons (Fsp3) is 0.200. The van der Waals surface area contributed by atoms with E-state index in [9.17, 15) is 14.7 Å². The van der Waals surface area contributed by atoms with Crippen LogP contribution in [-0.2, 0) is 16.9 Å². The third kappa shape index (κ3) is 4.24. The quantitative estimate of drug-likeness (QED) is 0.429. The highest BCUT2D eigenvalue weighted by molar-refractivity contribution is 9.10. The zero-order valence-corrected chi connectivity index (χ0v) is 20.3. The van der Waals surface area contributed by atoms with Gasteiger partial charge in [-0.15, -0.1) is 0 Å². The van der Waals surface area contributed by atoms with Gasteiger partial charge in [-0.1, -0.05) is 45.7 Å². The predicted molar refractivity (Wildman–Crippen MR) is 129 cm³/mol. The molecule has 3 aromatic carbocycles. The molecule has 0 aromatic heterocycles. The van der Waals surface area contributed by atoms with Crippen molar-refractivity contribution in [3.05, 3.63) is 86.8 Å². The van der Waals surface area contributed by atoms with Crippen molar-refractivity contribution in [1.29, 1.82) is 0 Å². The average molecular weight is 531 g/mol. The minimum atomic E-state index is -2.02. The summed E-state index contributed by atoms with van der Waals surface area (Å²) in [7, 11) is 2.97. The molecule has 4 rings (SSSR count). The van der Waals surface area contributed by atoms with Gasteiger partial charge in [0.25, 0.3) is 5.91 Å². The highest BCUT2D eigenvalue weighted by Gasteiger charge is 2.51. The van der Waals surface area contributed by atoms with Gasteiger partial charge in [-0.25, -0.2) is 0 Å². The van der Waals surface area contributed by atoms with Gasteiger partial charge < -0.3 is 19.5 Å². The van der Waals surface area contributed by atoms with E-state index in [0.717, 1.165) is 5.56 Å². The summed E-state index contributed by atoms with van der Waals surface area (Å²) in [6.07, 6.45) is -0.427. The number of carbonyl (C=O) groups is 2. The summed E-state index contributed by atoms with van der Waals surface area (Å²) in [4.78, 5) is 28.2. The smallest absolute Gasteiger partial charge is 0.264 e. The summed E-state index contributed by atoms with van der Waals surface area (Å²) in [5.74, 6) is -0.122. The van der Waals surface area contributed by atoms with E-state index in [0.29, 0.717) is 37.8 Å². The molecule has 33 heavy (non-hydrogen) atoms. The van der Waals surface area contributed by atoms with Crippen LogP contribution in [0.15, 0.2) is 65.1 Å². The van der Waals surface area contributed by atoms with E-state index >= 15 is 0 Å². The second-order valence-corrected chi connectivity index (χ2v) is 9.00. The zero-order valence-electron chi connectivity index (χ0n) is 18.0. The molecular weight excluding hydrogens is 510 g/mol. The van der Waals surface area contributed by atoms with Gasteiger partial charge in [0.05, 0.1) is 32.9 Å². The number of ether oxygens (including phenoxy) is 2. The molecule has 0 radical (unpaired) electrons. The highest BCUT2D eigenvalue weighted by Crippen LogP contribution is 2.45. The number of aliphatic hydroxyl groups is 1. The number of rotatable bonds is 7. The molecule has 170 valence electrons. The number of ketones is 1. The number of Topliss-reactive ketones (excluding diaryl/α,β-unsaturated/α-hetero) is 1. The van der Waals surface area contributed by atoms with E-state index in [-0.39, 0.29) is 6.54 Å². The molecule has 1 aliphatic rings.